The first-order chi connectivity index (χ1) is 7.40. The molecule has 0 amide bonds. The van der Waals surface area contributed by atoms with Gasteiger partial charge >= 0.3 is 11.9 Å². The van der Waals surface area contributed by atoms with Crippen LogP contribution in [0, 0.1) is 13.8 Å². The van der Waals surface area contributed by atoms with Gasteiger partial charge in [0, 0.05) is 5.33 Å². The van der Waals surface area contributed by atoms with Crippen molar-refractivity contribution in [1.82, 2.24) is 0 Å². The predicted molar refractivity (Wildman–Crippen MR) is 62.5 cm³/mol. The molecule has 0 saturated carbocycles. The van der Waals surface area contributed by atoms with Crippen molar-refractivity contribution >= 4 is 27.9 Å². The van der Waals surface area contributed by atoms with Crippen molar-refractivity contribution < 1.29 is 19.8 Å². The summed E-state index contributed by atoms with van der Waals surface area (Å²) in [6, 6.07) is 1.40. The molecule has 16 heavy (non-hydrogen) atoms. The molecule has 0 aliphatic rings. The normalized spacial score (nSPS) is 10.2. The second kappa shape index (κ2) is 4.65. The highest BCUT2D eigenvalue weighted by Crippen LogP contribution is 2.24. The molecule has 0 heterocycles. The molecule has 0 spiro atoms. The van der Waals surface area contributed by atoms with Gasteiger partial charge in [0.2, 0.25) is 0 Å². The van der Waals surface area contributed by atoms with Crippen LogP contribution in [0.3, 0.4) is 0 Å². The number of hydrogen-bond donors (Lipinski definition) is 2. The molecule has 0 atom stereocenters. The molecule has 0 saturated heterocycles. The van der Waals surface area contributed by atoms with Crippen LogP contribution in [0.25, 0.3) is 0 Å². The van der Waals surface area contributed by atoms with E-state index >= 15 is 0 Å². The molecule has 86 valence electrons. The van der Waals surface area contributed by atoms with Crippen LogP contribution >= 0.6 is 15.9 Å². The highest BCUT2D eigenvalue weighted by atomic mass is 79.9. The van der Waals surface area contributed by atoms with Crippen LogP contribution in [-0.4, -0.2) is 22.2 Å². The molecule has 1 aromatic rings. The minimum atomic E-state index is -1.04. The lowest BCUT2D eigenvalue weighted by Crippen LogP contribution is -2.11. The van der Waals surface area contributed by atoms with Crippen LogP contribution in [0.5, 0.6) is 0 Å². The van der Waals surface area contributed by atoms with E-state index < -0.39 is 11.9 Å². The summed E-state index contributed by atoms with van der Waals surface area (Å²) in [6.07, 6.45) is 0. The van der Waals surface area contributed by atoms with E-state index in [1.165, 1.54) is 6.07 Å². The Labute approximate surface area is 101 Å². The fraction of sp³-hybridized carbons (Fsp3) is 0.273. The summed E-state index contributed by atoms with van der Waals surface area (Å²) in [5.74, 6) is -2.08. The molecule has 1 aromatic carbocycles. The summed E-state index contributed by atoms with van der Waals surface area (Å²) >= 11 is 3.18. The summed E-state index contributed by atoms with van der Waals surface area (Å²) in [5.41, 5.74) is 1.81. The zero-order valence-electron chi connectivity index (χ0n) is 8.87. The number of benzene rings is 1. The van der Waals surface area contributed by atoms with Crippen LogP contribution in [0.2, 0.25) is 0 Å². The van der Waals surface area contributed by atoms with Crippen LogP contribution < -0.4 is 0 Å². The van der Waals surface area contributed by atoms with Crippen molar-refractivity contribution in [2.75, 3.05) is 0 Å². The van der Waals surface area contributed by atoms with Gasteiger partial charge in [0.25, 0.3) is 0 Å². The van der Waals surface area contributed by atoms with E-state index in [0.29, 0.717) is 22.0 Å². The topological polar surface area (TPSA) is 74.6 Å². The highest BCUT2D eigenvalue weighted by Gasteiger charge is 2.20. The van der Waals surface area contributed by atoms with Gasteiger partial charge in [0.1, 0.15) is 0 Å². The molecule has 0 aliphatic carbocycles. The second-order valence-electron chi connectivity index (χ2n) is 3.46. The summed E-state index contributed by atoms with van der Waals surface area (Å²) in [7, 11) is 0. The molecule has 0 radical (unpaired) electrons. The fourth-order valence-electron chi connectivity index (χ4n) is 1.72. The Morgan fingerprint density at radius 1 is 1.25 bits per heavy atom. The van der Waals surface area contributed by atoms with Crippen LogP contribution in [-0.2, 0) is 5.33 Å². The van der Waals surface area contributed by atoms with Crippen molar-refractivity contribution in [1.29, 1.82) is 0 Å². The molecule has 0 unspecified atom stereocenters. The fourth-order valence-corrected chi connectivity index (χ4v) is 2.44. The molecule has 2 N–H and O–H groups in total. The summed E-state index contributed by atoms with van der Waals surface area (Å²) < 4.78 is 0. The standard InChI is InChI=1S/C11H11BrO4/c1-5-3-7(10(13)14)8(4-12)6(2)9(5)11(15)16/h3H,4H2,1-2H3,(H,13,14)(H,15,16). The monoisotopic (exact) mass is 286 g/mol. The number of halogens is 1. The smallest absolute Gasteiger partial charge is 0.336 e. The Morgan fingerprint density at radius 2 is 1.81 bits per heavy atom. The van der Waals surface area contributed by atoms with E-state index in [1.807, 2.05) is 0 Å². The third-order valence-corrected chi connectivity index (χ3v) is 3.05. The van der Waals surface area contributed by atoms with Gasteiger partial charge in [-0.3, -0.25) is 0 Å². The summed E-state index contributed by atoms with van der Waals surface area (Å²) in [6.45, 7) is 3.22. The van der Waals surface area contributed by atoms with Gasteiger partial charge in [-0.25, -0.2) is 9.59 Å². The van der Waals surface area contributed by atoms with E-state index in [4.69, 9.17) is 10.2 Å². The molecular formula is C11H11BrO4. The van der Waals surface area contributed by atoms with Gasteiger partial charge in [-0.15, -0.1) is 0 Å². The van der Waals surface area contributed by atoms with Gasteiger partial charge in [-0.1, -0.05) is 15.9 Å². The van der Waals surface area contributed by atoms with Crippen molar-refractivity contribution in [2.24, 2.45) is 0 Å². The average molecular weight is 287 g/mol. The van der Waals surface area contributed by atoms with Gasteiger partial charge in [-0.2, -0.15) is 0 Å². The number of hydrogen-bond acceptors (Lipinski definition) is 2. The molecular weight excluding hydrogens is 276 g/mol. The van der Waals surface area contributed by atoms with Gasteiger partial charge in [0.05, 0.1) is 11.1 Å². The summed E-state index contributed by atoms with van der Waals surface area (Å²) in [4.78, 5) is 22.0. The van der Waals surface area contributed by atoms with E-state index in [1.54, 1.807) is 13.8 Å². The lowest BCUT2D eigenvalue weighted by molar-refractivity contribution is 0.0679. The number of carboxylic acids is 2. The molecule has 4 nitrogen and oxygen atoms in total. The highest BCUT2D eigenvalue weighted by molar-refractivity contribution is 9.08. The minimum Gasteiger partial charge on any atom is -0.478 e. The first-order valence-electron chi connectivity index (χ1n) is 4.55. The number of aryl methyl sites for hydroxylation is 1. The Balaban J connectivity index is 3.62. The zero-order valence-corrected chi connectivity index (χ0v) is 10.5. The zero-order chi connectivity index (χ0) is 12.5. The van der Waals surface area contributed by atoms with Crippen LogP contribution in [0.15, 0.2) is 6.07 Å². The van der Waals surface area contributed by atoms with E-state index in [-0.39, 0.29) is 11.1 Å². The molecule has 5 heteroatoms. The Bertz CT molecular complexity index is 466. The third kappa shape index (κ3) is 2.09. The predicted octanol–water partition coefficient (Wildman–Crippen LogP) is 2.59. The number of carbonyl (C=O) groups is 2. The number of rotatable bonds is 3. The van der Waals surface area contributed by atoms with Crippen LogP contribution in [0.4, 0.5) is 0 Å². The molecule has 0 bridgehead atoms. The Morgan fingerprint density at radius 3 is 2.19 bits per heavy atom. The number of aromatic carboxylic acids is 2. The molecule has 0 aliphatic heterocycles. The minimum absolute atomic E-state index is 0.150. The maximum Gasteiger partial charge on any atom is 0.336 e. The van der Waals surface area contributed by atoms with Crippen molar-refractivity contribution in [3.8, 4) is 0 Å². The van der Waals surface area contributed by atoms with Crippen LogP contribution in [0.1, 0.15) is 37.4 Å². The van der Waals surface area contributed by atoms with Gasteiger partial charge in [0.15, 0.2) is 0 Å². The number of carboxylic acid groups (broad SMARTS) is 2. The van der Waals surface area contributed by atoms with Crippen molar-refractivity contribution in [3.63, 3.8) is 0 Å². The molecule has 0 aromatic heterocycles. The Hall–Kier alpha value is -1.36. The largest absolute Gasteiger partial charge is 0.478 e. The maximum atomic E-state index is 11.0. The van der Waals surface area contributed by atoms with Crippen molar-refractivity contribution in [2.45, 2.75) is 19.2 Å². The SMILES string of the molecule is Cc1cc(C(=O)O)c(CBr)c(C)c1C(=O)O. The van der Waals surface area contributed by atoms with E-state index in [9.17, 15) is 9.59 Å². The molecule has 1 rings (SSSR count). The first-order valence-corrected chi connectivity index (χ1v) is 5.68. The number of alkyl halides is 1. The maximum absolute atomic E-state index is 11.0. The second-order valence-corrected chi connectivity index (χ2v) is 4.02. The third-order valence-electron chi connectivity index (χ3n) is 2.49. The Kier molecular flexibility index (Phi) is 3.70. The molecule has 0 fully saturated rings. The quantitative estimate of drug-likeness (QED) is 0.838. The van der Waals surface area contributed by atoms with Crippen molar-refractivity contribution in [3.05, 3.63) is 33.9 Å². The van der Waals surface area contributed by atoms with Gasteiger partial charge in [-0.05, 0) is 36.6 Å². The first kappa shape index (κ1) is 12.7. The lowest BCUT2D eigenvalue weighted by atomic mass is 9.94. The van der Waals surface area contributed by atoms with E-state index in [0.717, 1.165) is 0 Å². The summed E-state index contributed by atoms with van der Waals surface area (Å²) in [5, 5.41) is 18.4. The lowest BCUT2D eigenvalue weighted by Gasteiger charge is -2.12. The average Bonchev–Trinajstić information content (AvgIpc) is 2.16. The van der Waals surface area contributed by atoms with Gasteiger partial charge < -0.3 is 10.2 Å². The van der Waals surface area contributed by atoms with E-state index in [2.05, 4.69) is 15.9 Å².